The van der Waals surface area contributed by atoms with Gasteiger partial charge in [0.05, 0.1) is 6.10 Å². The van der Waals surface area contributed by atoms with Gasteiger partial charge in [0.2, 0.25) is 0 Å². The fraction of sp³-hybridized carbons (Fsp3) is 0.684. The lowest BCUT2D eigenvalue weighted by Gasteiger charge is -2.46. The van der Waals surface area contributed by atoms with Crippen LogP contribution in [0.5, 0.6) is 0 Å². The second kappa shape index (κ2) is 6.50. The van der Waals surface area contributed by atoms with Crippen molar-refractivity contribution in [1.82, 2.24) is 4.90 Å². The molecule has 0 amide bonds. The molecule has 2 fully saturated rings. The third kappa shape index (κ3) is 3.17. The molecule has 21 heavy (non-hydrogen) atoms. The number of aliphatic hydroxyl groups excluding tert-OH is 1. The molecule has 1 atom stereocenters. The van der Waals surface area contributed by atoms with E-state index in [1.807, 2.05) is 0 Å². The van der Waals surface area contributed by atoms with E-state index in [9.17, 15) is 5.11 Å². The van der Waals surface area contributed by atoms with Crippen LogP contribution in [0.15, 0.2) is 24.3 Å². The van der Waals surface area contributed by atoms with E-state index in [-0.39, 0.29) is 11.6 Å². The number of likely N-dealkylation sites (tertiary alicyclic amines) is 1. The number of aliphatic hydroxyl groups is 1. The summed E-state index contributed by atoms with van der Waals surface area (Å²) >= 11 is 0. The van der Waals surface area contributed by atoms with E-state index in [1.165, 1.54) is 69.2 Å². The Morgan fingerprint density at radius 1 is 1.00 bits per heavy atom. The first-order valence-electron chi connectivity index (χ1n) is 8.69. The second-order valence-corrected chi connectivity index (χ2v) is 7.06. The first kappa shape index (κ1) is 15.1. The molecule has 2 heteroatoms. The number of aryl methyl sites for hydroxylation is 1. The van der Waals surface area contributed by atoms with E-state index in [0.29, 0.717) is 0 Å². The van der Waals surface area contributed by atoms with Crippen LogP contribution in [0.4, 0.5) is 0 Å². The van der Waals surface area contributed by atoms with Crippen LogP contribution in [0, 0.1) is 6.92 Å². The van der Waals surface area contributed by atoms with Gasteiger partial charge in [-0.2, -0.15) is 0 Å². The fourth-order valence-electron chi connectivity index (χ4n) is 4.32. The van der Waals surface area contributed by atoms with E-state index in [2.05, 4.69) is 36.1 Å². The van der Waals surface area contributed by atoms with Crippen molar-refractivity contribution in [3.8, 4) is 0 Å². The van der Waals surface area contributed by atoms with Crippen LogP contribution in [0.3, 0.4) is 0 Å². The third-order valence-electron chi connectivity index (χ3n) is 5.63. The lowest BCUT2D eigenvalue weighted by Crippen LogP contribution is -2.57. The van der Waals surface area contributed by atoms with Crippen LogP contribution in [-0.4, -0.2) is 34.7 Å². The number of benzene rings is 1. The maximum Gasteiger partial charge on any atom is 0.0764 e. The number of piperidine rings is 1. The molecule has 1 aromatic rings. The Morgan fingerprint density at radius 2 is 1.62 bits per heavy atom. The lowest BCUT2D eigenvalue weighted by molar-refractivity contribution is -0.0380. The van der Waals surface area contributed by atoms with Crippen molar-refractivity contribution in [2.45, 2.75) is 69.9 Å². The minimum Gasteiger partial charge on any atom is -0.391 e. The van der Waals surface area contributed by atoms with Crippen molar-refractivity contribution >= 4 is 0 Å². The monoisotopic (exact) mass is 287 g/mol. The molecule has 1 aliphatic carbocycles. The smallest absolute Gasteiger partial charge is 0.0764 e. The summed E-state index contributed by atoms with van der Waals surface area (Å²) in [5.41, 5.74) is 2.63. The maximum absolute atomic E-state index is 11.0. The normalized spacial score (nSPS) is 24.1. The molecular weight excluding hydrogens is 258 g/mol. The zero-order chi connectivity index (χ0) is 14.7. The highest BCUT2D eigenvalue weighted by molar-refractivity contribution is 5.23. The predicted octanol–water partition coefficient (Wildman–Crippen LogP) is 3.70. The topological polar surface area (TPSA) is 23.5 Å². The van der Waals surface area contributed by atoms with Crippen molar-refractivity contribution in [3.05, 3.63) is 35.4 Å². The van der Waals surface area contributed by atoms with E-state index < -0.39 is 0 Å². The summed E-state index contributed by atoms with van der Waals surface area (Å²) in [6.45, 7) is 4.49. The van der Waals surface area contributed by atoms with Gasteiger partial charge in [0.1, 0.15) is 0 Å². The average Bonchev–Trinajstić information content (AvgIpc) is 3.01. The van der Waals surface area contributed by atoms with Crippen molar-refractivity contribution < 1.29 is 5.11 Å². The van der Waals surface area contributed by atoms with Gasteiger partial charge >= 0.3 is 0 Å². The van der Waals surface area contributed by atoms with Crippen LogP contribution < -0.4 is 0 Å². The van der Waals surface area contributed by atoms with E-state index in [1.54, 1.807) is 0 Å². The molecule has 1 aromatic carbocycles. The van der Waals surface area contributed by atoms with E-state index >= 15 is 0 Å². The zero-order valence-electron chi connectivity index (χ0n) is 13.4. The van der Waals surface area contributed by atoms with Crippen molar-refractivity contribution in [1.29, 1.82) is 0 Å². The lowest BCUT2D eigenvalue weighted by atomic mass is 9.83. The minimum atomic E-state index is -0.221. The van der Waals surface area contributed by atoms with Crippen molar-refractivity contribution in [2.75, 3.05) is 13.1 Å². The highest BCUT2D eigenvalue weighted by atomic mass is 16.3. The highest BCUT2D eigenvalue weighted by Crippen LogP contribution is 2.40. The van der Waals surface area contributed by atoms with Gasteiger partial charge in [-0.1, -0.05) is 49.1 Å². The van der Waals surface area contributed by atoms with Crippen LogP contribution in [0.2, 0.25) is 0 Å². The molecule has 1 unspecified atom stereocenters. The molecule has 1 N–H and O–H groups in total. The molecule has 0 bridgehead atoms. The van der Waals surface area contributed by atoms with Crippen LogP contribution in [0.25, 0.3) is 0 Å². The van der Waals surface area contributed by atoms with Gasteiger partial charge in [0.15, 0.2) is 0 Å². The summed E-state index contributed by atoms with van der Waals surface area (Å²) in [6.07, 6.45) is 9.47. The largest absolute Gasteiger partial charge is 0.391 e. The second-order valence-electron chi connectivity index (χ2n) is 7.06. The van der Waals surface area contributed by atoms with Gasteiger partial charge in [-0.15, -0.1) is 0 Å². The maximum atomic E-state index is 11.0. The summed E-state index contributed by atoms with van der Waals surface area (Å²) in [4.78, 5) is 2.63. The molecule has 2 aliphatic rings. The van der Waals surface area contributed by atoms with Crippen LogP contribution in [-0.2, 0) is 6.42 Å². The van der Waals surface area contributed by atoms with Gasteiger partial charge in [-0.25, -0.2) is 0 Å². The highest BCUT2D eigenvalue weighted by Gasteiger charge is 2.45. The van der Waals surface area contributed by atoms with Gasteiger partial charge in [-0.05, 0) is 51.3 Å². The summed E-state index contributed by atoms with van der Waals surface area (Å²) in [6, 6.07) is 8.67. The fourth-order valence-corrected chi connectivity index (χ4v) is 4.32. The first-order valence-corrected chi connectivity index (χ1v) is 8.69. The average molecular weight is 287 g/mol. The summed E-state index contributed by atoms with van der Waals surface area (Å²) in [5, 5.41) is 11.0. The summed E-state index contributed by atoms with van der Waals surface area (Å²) in [7, 11) is 0. The van der Waals surface area contributed by atoms with Gasteiger partial charge < -0.3 is 5.11 Å². The Hall–Kier alpha value is -0.860. The molecule has 3 rings (SSSR count). The Labute approximate surface area is 129 Å². The number of rotatable bonds is 4. The quantitative estimate of drug-likeness (QED) is 0.913. The molecule has 0 radical (unpaired) electrons. The summed E-state index contributed by atoms with van der Waals surface area (Å²) in [5.74, 6) is 0. The first-order chi connectivity index (χ1) is 10.2. The van der Waals surface area contributed by atoms with Gasteiger partial charge in [-0.3, -0.25) is 4.90 Å². The third-order valence-corrected chi connectivity index (χ3v) is 5.63. The predicted molar refractivity (Wildman–Crippen MR) is 87.5 cm³/mol. The van der Waals surface area contributed by atoms with Crippen LogP contribution in [0.1, 0.15) is 56.1 Å². The Balaban J connectivity index is 1.74. The Bertz CT molecular complexity index is 441. The molecule has 2 nitrogen and oxygen atoms in total. The Kier molecular flexibility index (Phi) is 4.66. The number of nitrogens with zero attached hydrogens (tertiary/aromatic N) is 1. The zero-order valence-corrected chi connectivity index (χ0v) is 13.4. The van der Waals surface area contributed by atoms with E-state index in [0.717, 1.165) is 6.42 Å². The van der Waals surface area contributed by atoms with Crippen molar-refractivity contribution in [3.63, 3.8) is 0 Å². The molecule has 0 spiro atoms. The molecule has 0 aromatic heterocycles. The number of hydrogen-bond donors (Lipinski definition) is 1. The van der Waals surface area contributed by atoms with E-state index in [4.69, 9.17) is 0 Å². The van der Waals surface area contributed by atoms with Crippen molar-refractivity contribution in [2.24, 2.45) is 0 Å². The summed E-state index contributed by atoms with van der Waals surface area (Å²) < 4.78 is 0. The van der Waals surface area contributed by atoms with Crippen LogP contribution >= 0.6 is 0 Å². The SMILES string of the molecule is Cc1ccc(CC(O)C2(N3CCCCC3)CCCC2)cc1. The molecule has 1 heterocycles. The van der Waals surface area contributed by atoms with Gasteiger partial charge in [0, 0.05) is 12.0 Å². The Morgan fingerprint density at radius 3 is 2.24 bits per heavy atom. The molecule has 1 aliphatic heterocycles. The molecule has 1 saturated carbocycles. The minimum absolute atomic E-state index is 0.0608. The molecule has 1 saturated heterocycles. The van der Waals surface area contributed by atoms with Gasteiger partial charge in [0.25, 0.3) is 0 Å². The molecular formula is C19H29NO. The molecule has 116 valence electrons. The number of hydrogen-bond acceptors (Lipinski definition) is 2. The standard InChI is InChI=1S/C19H29NO/c1-16-7-9-17(10-8-16)15-18(21)19(11-3-4-12-19)20-13-5-2-6-14-20/h7-10,18,21H,2-6,11-15H2,1H3.